The van der Waals surface area contributed by atoms with Gasteiger partial charge in [0, 0.05) is 49.5 Å². The van der Waals surface area contributed by atoms with Crippen LogP contribution in [0.5, 0.6) is 0 Å². The molecule has 3 N–H and O–H groups in total. The summed E-state index contributed by atoms with van der Waals surface area (Å²) >= 11 is 0. The largest absolute Gasteiger partial charge is 0.399 e. The Hall–Kier alpha value is -3.52. The van der Waals surface area contributed by atoms with Crippen molar-refractivity contribution in [2.24, 2.45) is 0 Å². The molecule has 0 aliphatic rings. The standard InChI is InChI=1S/C22H24N4O3S/c1-25(2)19-10-12-20(13-11-19)26(3)22(27)16-6-4-8-18(14-16)24-30(28,29)21-9-5-7-17(23)15-21/h4-15,24H,23H2,1-3H3. The monoisotopic (exact) mass is 424 g/mol. The third-order valence-electron chi connectivity index (χ3n) is 4.59. The Balaban J connectivity index is 1.81. The van der Waals surface area contributed by atoms with Crippen molar-refractivity contribution in [1.82, 2.24) is 0 Å². The molecule has 0 aliphatic heterocycles. The van der Waals surface area contributed by atoms with Crippen molar-refractivity contribution in [2.45, 2.75) is 4.90 Å². The maximum absolute atomic E-state index is 12.9. The molecule has 30 heavy (non-hydrogen) atoms. The van der Waals surface area contributed by atoms with Gasteiger partial charge in [-0.05, 0) is 60.7 Å². The van der Waals surface area contributed by atoms with Gasteiger partial charge in [-0.1, -0.05) is 12.1 Å². The quantitative estimate of drug-likeness (QED) is 0.591. The van der Waals surface area contributed by atoms with Gasteiger partial charge >= 0.3 is 0 Å². The Bertz CT molecular complexity index is 1160. The van der Waals surface area contributed by atoms with Crippen molar-refractivity contribution in [2.75, 3.05) is 41.4 Å². The maximum atomic E-state index is 12.9. The van der Waals surface area contributed by atoms with Gasteiger partial charge in [-0.3, -0.25) is 9.52 Å². The van der Waals surface area contributed by atoms with E-state index in [-0.39, 0.29) is 10.8 Å². The number of rotatable bonds is 6. The second kappa shape index (κ2) is 8.46. The van der Waals surface area contributed by atoms with Crippen molar-refractivity contribution >= 4 is 38.7 Å². The highest BCUT2D eigenvalue weighted by Crippen LogP contribution is 2.22. The van der Waals surface area contributed by atoms with Crippen molar-refractivity contribution in [3.63, 3.8) is 0 Å². The Labute approximate surface area is 176 Å². The number of nitrogen functional groups attached to an aromatic ring is 1. The average Bonchev–Trinajstić information content (AvgIpc) is 2.72. The zero-order valence-electron chi connectivity index (χ0n) is 17.0. The first kappa shape index (κ1) is 21.2. The number of nitrogens with zero attached hydrogens (tertiary/aromatic N) is 2. The molecule has 3 aromatic rings. The topological polar surface area (TPSA) is 95.7 Å². The molecule has 156 valence electrons. The molecule has 0 saturated heterocycles. The predicted octanol–water partition coefficient (Wildman–Crippen LogP) is 3.41. The molecule has 0 aliphatic carbocycles. The normalized spacial score (nSPS) is 11.0. The minimum Gasteiger partial charge on any atom is -0.399 e. The Morgan fingerprint density at radius 2 is 1.50 bits per heavy atom. The second-order valence-corrected chi connectivity index (χ2v) is 8.72. The molecule has 3 aromatic carbocycles. The zero-order valence-corrected chi connectivity index (χ0v) is 17.8. The van der Waals surface area contributed by atoms with E-state index in [0.29, 0.717) is 16.9 Å². The summed E-state index contributed by atoms with van der Waals surface area (Å²) in [6, 6.07) is 20.0. The number of benzene rings is 3. The van der Waals surface area contributed by atoms with Gasteiger partial charge in [0.25, 0.3) is 15.9 Å². The van der Waals surface area contributed by atoms with Crippen LogP contribution in [-0.4, -0.2) is 35.5 Å². The molecule has 0 heterocycles. The Morgan fingerprint density at radius 1 is 0.867 bits per heavy atom. The van der Waals surface area contributed by atoms with Crippen LogP contribution >= 0.6 is 0 Å². The number of nitrogens with two attached hydrogens (primary N) is 1. The fourth-order valence-corrected chi connectivity index (χ4v) is 4.00. The molecule has 7 nitrogen and oxygen atoms in total. The molecule has 8 heteroatoms. The molecule has 0 unspecified atom stereocenters. The first-order valence-corrected chi connectivity index (χ1v) is 10.7. The van der Waals surface area contributed by atoms with Crippen LogP contribution in [0.3, 0.4) is 0 Å². The molecule has 0 saturated carbocycles. The van der Waals surface area contributed by atoms with E-state index in [1.807, 2.05) is 43.3 Å². The predicted molar refractivity (Wildman–Crippen MR) is 122 cm³/mol. The average molecular weight is 425 g/mol. The van der Waals surface area contributed by atoms with Crippen molar-refractivity contribution in [3.8, 4) is 0 Å². The molecule has 0 fully saturated rings. The molecule has 3 rings (SSSR count). The van der Waals surface area contributed by atoms with Crippen LogP contribution in [-0.2, 0) is 10.0 Å². The SMILES string of the molecule is CN(C)c1ccc(N(C)C(=O)c2cccc(NS(=O)(=O)c3cccc(N)c3)c2)cc1. The number of hydrogen-bond acceptors (Lipinski definition) is 5. The van der Waals surface area contributed by atoms with Gasteiger partial charge in [-0.2, -0.15) is 0 Å². The molecule has 0 radical (unpaired) electrons. The summed E-state index contributed by atoms with van der Waals surface area (Å²) in [7, 11) is 1.74. The fourth-order valence-electron chi connectivity index (χ4n) is 2.90. The first-order chi connectivity index (χ1) is 14.2. The second-order valence-electron chi connectivity index (χ2n) is 7.03. The van der Waals surface area contributed by atoms with Gasteiger partial charge in [-0.15, -0.1) is 0 Å². The van der Waals surface area contributed by atoms with Crippen LogP contribution in [0.25, 0.3) is 0 Å². The van der Waals surface area contributed by atoms with E-state index in [0.717, 1.165) is 11.4 Å². The lowest BCUT2D eigenvalue weighted by Crippen LogP contribution is -2.26. The van der Waals surface area contributed by atoms with E-state index in [1.54, 1.807) is 37.4 Å². The van der Waals surface area contributed by atoms with Crippen molar-refractivity contribution in [1.29, 1.82) is 0 Å². The summed E-state index contributed by atoms with van der Waals surface area (Å²) < 4.78 is 27.7. The molecular formula is C22H24N4O3S. The maximum Gasteiger partial charge on any atom is 0.261 e. The Morgan fingerprint density at radius 3 is 2.13 bits per heavy atom. The zero-order chi connectivity index (χ0) is 21.9. The summed E-state index contributed by atoms with van der Waals surface area (Å²) in [5.41, 5.74) is 8.44. The summed E-state index contributed by atoms with van der Waals surface area (Å²) in [6.07, 6.45) is 0. The molecule has 1 amide bonds. The molecule has 0 bridgehead atoms. The van der Waals surface area contributed by atoms with Gasteiger partial charge in [0.05, 0.1) is 4.90 Å². The van der Waals surface area contributed by atoms with E-state index in [9.17, 15) is 13.2 Å². The van der Waals surface area contributed by atoms with Crippen LogP contribution in [0.2, 0.25) is 0 Å². The summed E-state index contributed by atoms with van der Waals surface area (Å²) in [6.45, 7) is 0. The van der Waals surface area contributed by atoms with E-state index >= 15 is 0 Å². The minimum absolute atomic E-state index is 0.0531. The molecular weight excluding hydrogens is 400 g/mol. The number of carbonyl (C=O) groups is 1. The fraction of sp³-hybridized carbons (Fsp3) is 0.136. The number of hydrogen-bond donors (Lipinski definition) is 2. The van der Waals surface area contributed by atoms with Crippen molar-refractivity contribution in [3.05, 3.63) is 78.4 Å². The number of anilines is 4. The molecule has 0 aromatic heterocycles. The third kappa shape index (κ3) is 4.72. The highest BCUT2D eigenvalue weighted by atomic mass is 32.2. The van der Waals surface area contributed by atoms with Crippen LogP contribution in [0.4, 0.5) is 22.7 Å². The van der Waals surface area contributed by atoms with Gasteiger partial charge in [0.15, 0.2) is 0 Å². The van der Waals surface area contributed by atoms with Crippen molar-refractivity contribution < 1.29 is 13.2 Å². The third-order valence-corrected chi connectivity index (χ3v) is 5.97. The van der Waals surface area contributed by atoms with E-state index < -0.39 is 10.0 Å². The van der Waals surface area contributed by atoms with Gasteiger partial charge in [0.1, 0.15) is 0 Å². The Kier molecular flexibility index (Phi) is 5.98. The molecule has 0 spiro atoms. The van der Waals surface area contributed by atoms with Gasteiger partial charge in [0.2, 0.25) is 0 Å². The summed E-state index contributed by atoms with van der Waals surface area (Å²) in [4.78, 5) is 16.5. The van der Waals surface area contributed by atoms with Gasteiger partial charge in [-0.25, -0.2) is 8.42 Å². The highest BCUT2D eigenvalue weighted by molar-refractivity contribution is 7.92. The lowest BCUT2D eigenvalue weighted by molar-refractivity contribution is 0.0993. The number of amides is 1. The van der Waals surface area contributed by atoms with Crippen LogP contribution in [0.15, 0.2) is 77.7 Å². The van der Waals surface area contributed by atoms with E-state index in [4.69, 9.17) is 5.73 Å². The van der Waals surface area contributed by atoms with Crippen LogP contribution in [0, 0.1) is 0 Å². The van der Waals surface area contributed by atoms with E-state index in [1.165, 1.54) is 23.1 Å². The summed E-state index contributed by atoms with van der Waals surface area (Å²) in [5, 5.41) is 0. The number of sulfonamides is 1. The number of nitrogens with one attached hydrogen (secondary N) is 1. The van der Waals surface area contributed by atoms with Crippen LogP contribution in [0.1, 0.15) is 10.4 Å². The van der Waals surface area contributed by atoms with Crippen LogP contribution < -0.4 is 20.3 Å². The lowest BCUT2D eigenvalue weighted by Gasteiger charge is -2.19. The van der Waals surface area contributed by atoms with Gasteiger partial charge < -0.3 is 15.5 Å². The molecule has 0 atom stereocenters. The first-order valence-electron chi connectivity index (χ1n) is 9.21. The minimum atomic E-state index is -3.82. The van der Waals surface area contributed by atoms with E-state index in [2.05, 4.69) is 4.72 Å². The number of carbonyl (C=O) groups excluding carboxylic acids is 1. The summed E-state index contributed by atoms with van der Waals surface area (Å²) in [5.74, 6) is -0.252. The lowest BCUT2D eigenvalue weighted by atomic mass is 10.1. The highest BCUT2D eigenvalue weighted by Gasteiger charge is 2.17. The smallest absolute Gasteiger partial charge is 0.261 e.